The molecule has 1 fully saturated rings. The van der Waals surface area contributed by atoms with Gasteiger partial charge in [0.25, 0.3) is 10.0 Å². The van der Waals surface area contributed by atoms with Gasteiger partial charge in [0.15, 0.2) is 5.03 Å². The number of anilines is 1. The summed E-state index contributed by atoms with van der Waals surface area (Å²) in [6, 6.07) is 0.864. The van der Waals surface area contributed by atoms with Gasteiger partial charge in [-0.05, 0) is 0 Å². The van der Waals surface area contributed by atoms with Crippen LogP contribution in [0.3, 0.4) is 0 Å². The maximum atomic E-state index is 12.7. The number of halogens is 3. The lowest BCUT2D eigenvalue weighted by Crippen LogP contribution is -2.49. The van der Waals surface area contributed by atoms with E-state index in [4.69, 9.17) is 0 Å². The average molecular weight is 376 g/mol. The highest BCUT2D eigenvalue weighted by Gasteiger charge is 2.34. The van der Waals surface area contributed by atoms with Crippen LogP contribution in [0.1, 0.15) is 5.69 Å². The summed E-state index contributed by atoms with van der Waals surface area (Å²) in [7, 11) is -2.05. The highest BCUT2D eigenvalue weighted by molar-refractivity contribution is 7.89. The molecule has 1 saturated heterocycles. The largest absolute Gasteiger partial charge is 0.433 e. The molecule has 12 heteroatoms. The Morgan fingerprint density at radius 1 is 1.08 bits per heavy atom. The smallest absolute Gasteiger partial charge is 0.354 e. The van der Waals surface area contributed by atoms with Crippen LogP contribution in [-0.2, 0) is 23.2 Å². The first-order chi connectivity index (χ1) is 11.7. The quantitative estimate of drug-likeness (QED) is 0.786. The fourth-order valence-corrected chi connectivity index (χ4v) is 3.88. The molecule has 0 aromatic carbocycles. The molecule has 2 aromatic heterocycles. The third kappa shape index (κ3) is 3.58. The molecule has 0 atom stereocenters. The molecule has 1 aliphatic rings. The van der Waals surface area contributed by atoms with Gasteiger partial charge in [-0.15, -0.1) is 0 Å². The minimum atomic E-state index is -4.55. The number of hydrogen-bond donors (Lipinski definition) is 0. The van der Waals surface area contributed by atoms with Crippen molar-refractivity contribution < 1.29 is 21.6 Å². The normalized spacial score (nSPS) is 17.0. The Bertz CT molecular complexity index is 859. The fourth-order valence-electron chi connectivity index (χ4n) is 2.49. The van der Waals surface area contributed by atoms with Crippen molar-refractivity contribution in [3.8, 4) is 0 Å². The molecule has 25 heavy (non-hydrogen) atoms. The van der Waals surface area contributed by atoms with Crippen LogP contribution in [0.4, 0.5) is 19.0 Å². The number of piperazine rings is 1. The first-order valence-electron chi connectivity index (χ1n) is 7.30. The molecule has 0 saturated carbocycles. The zero-order valence-electron chi connectivity index (χ0n) is 13.2. The number of aromatic nitrogens is 4. The minimum Gasteiger partial charge on any atom is -0.354 e. The number of nitrogens with zero attached hydrogens (tertiary/aromatic N) is 6. The van der Waals surface area contributed by atoms with Gasteiger partial charge in [-0.25, -0.2) is 23.4 Å². The van der Waals surface area contributed by atoms with Crippen molar-refractivity contribution in [1.82, 2.24) is 23.8 Å². The third-order valence-corrected chi connectivity index (χ3v) is 5.58. The van der Waals surface area contributed by atoms with E-state index in [0.29, 0.717) is 0 Å². The third-order valence-electron chi connectivity index (χ3n) is 3.79. The van der Waals surface area contributed by atoms with Gasteiger partial charge in [-0.2, -0.15) is 17.5 Å². The van der Waals surface area contributed by atoms with Crippen LogP contribution >= 0.6 is 0 Å². The van der Waals surface area contributed by atoms with Gasteiger partial charge in [0.05, 0.1) is 6.33 Å². The standard InChI is InChI=1S/C13H15F3N6O2S/c1-20-7-12(19-9-20)25(23,24)22-4-2-21(3-5-22)11-6-10(13(14,15)16)17-8-18-11/h6-9H,2-5H2,1H3. The van der Waals surface area contributed by atoms with E-state index in [9.17, 15) is 21.6 Å². The van der Waals surface area contributed by atoms with Gasteiger partial charge in [0.1, 0.15) is 17.8 Å². The van der Waals surface area contributed by atoms with Gasteiger partial charge in [0.2, 0.25) is 0 Å². The first-order valence-corrected chi connectivity index (χ1v) is 8.74. The molecule has 3 rings (SSSR count). The molecule has 1 aliphatic heterocycles. The van der Waals surface area contributed by atoms with Crippen molar-refractivity contribution in [3.63, 3.8) is 0 Å². The fraction of sp³-hybridized carbons (Fsp3) is 0.462. The number of alkyl halides is 3. The molecule has 3 heterocycles. The van der Waals surface area contributed by atoms with Crippen LogP contribution < -0.4 is 4.90 Å². The molecule has 0 bridgehead atoms. The van der Waals surface area contributed by atoms with E-state index in [1.54, 1.807) is 11.9 Å². The summed E-state index contributed by atoms with van der Waals surface area (Å²) < 4.78 is 66.0. The molecule has 0 radical (unpaired) electrons. The van der Waals surface area contributed by atoms with E-state index in [-0.39, 0.29) is 37.0 Å². The van der Waals surface area contributed by atoms with Crippen molar-refractivity contribution >= 4 is 15.8 Å². The van der Waals surface area contributed by atoms with Gasteiger partial charge < -0.3 is 9.47 Å². The molecular weight excluding hydrogens is 361 g/mol. The van der Waals surface area contributed by atoms with Crippen LogP contribution in [0.15, 0.2) is 29.9 Å². The number of hydrogen-bond acceptors (Lipinski definition) is 6. The topological polar surface area (TPSA) is 84.2 Å². The number of aryl methyl sites for hydroxylation is 1. The van der Waals surface area contributed by atoms with E-state index in [2.05, 4.69) is 15.0 Å². The summed E-state index contributed by atoms with van der Waals surface area (Å²) in [5.74, 6) is 0.122. The van der Waals surface area contributed by atoms with Crippen molar-refractivity contribution in [1.29, 1.82) is 0 Å². The summed E-state index contributed by atoms with van der Waals surface area (Å²) in [6.45, 7) is 0.704. The van der Waals surface area contributed by atoms with Crippen LogP contribution in [0.5, 0.6) is 0 Å². The van der Waals surface area contributed by atoms with Crippen molar-refractivity contribution in [2.24, 2.45) is 7.05 Å². The Labute approximate surface area is 142 Å². The predicted octanol–water partition coefficient (Wildman–Crippen LogP) is 0.740. The molecular formula is C13H15F3N6O2S. The second kappa shape index (κ2) is 6.26. The molecule has 2 aromatic rings. The molecule has 0 unspecified atom stereocenters. The lowest BCUT2D eigenvalue weighted by atomic mass is 10.3. The van der Waals surface area contributed by atoms with E-state index in [1.807, 2.05) is 0 Å². The second-order valence-corrected chi connectivity index (χ2v) is 7.41. The molecule has 8 nitrogen and oxygen atoms in total. The Kier molecular flexibility index (Phi) is 4.41. The summed E-state index contributed by atoms with van der Waals surface area (Å²) in [6.07, 6.45) is -0.901. The molecule has 136 valence electrons. The minimum absolute atomic E-state index is 0.0511. The Morgan fingerprint density at radius 3 is 2.32 bits per heavy atom. The summed E-state index contributed by atoms with van der Waals surface area (Å²) in [5.41, 5.74) is -1.03. The van der Waals surface area contributed by atoms with E-state index >= 15 is 0 Å². The molecule has 0 aliphatic carbocycles. The Morgan fingerprint density at radius 2 is 1.76 bits per heavy atom. The van der Waals surface area contributed by atoms with Crippen LogP contribution in [0.25, 0.3) is 0 Å². The highest BCUT2D eigenvalue weighted by atomic mass is 32.2. The van der Waals surface area contributed by atoms with E-state index in [1.165, 1.54) is 21.4 Å². The van der Waals surface area contributed by atoms with Gasteiger partial charge in [-0.1, -0.05) is 0 Å². The van der Waals surface area contributed by atoms with Crippen LogP contribution in [0, 0.1) is 0 Å². The molecule has 0 spiro atoms. The van der Waals surface area contributed by atoms with Gasteiger partial charge in [-0.3, -0.25) is 0 Å². The first kappa shape index (κ1) is 17.6. The maximum Gasteiger partial charge on any atom is 0.433 e. The van der Waals surface area contributed by atoms with Crippen molar-refractivity contribution in [2.45, 2.75) is 11.2 Å². The Hall–Kier alpha value is -2.21. The van der Waals surface area contributed by atoms with Gasteiger partial charge >= 0.3 is 6.18 Å². The summed E-state index contributed by atoms with van der Waals surface area (Å²) >= 11 is 0. The van der Waals surface area contributed by atoms with E-state index < -0.39 is 21.9 Å². The SMILES string of the molecule is Cn1cnc(S(=O)(=O)N2CCN(c3cc(C(F)(F)F)ncn3)CC2)c1. The van der Waals surface area contributed by atoms with Crippen LogP contribution in [-0.4, -0.2) is 58.4 Å². The average Bonchev–Trinajstić information content (AvgIpc) is 3.02. The Balaban J connectivity index is 1.72. The highest BCUT2D eigenvalue weighted by Crippen LogP contribution is 2.29. The monoisotopic (exact) mass is 376 g/mol. The zero-order chi connectivity index (χ0) is 18.2. The molecule has 0 N–H and O–H groups in total. The summed E-state index contributed by atoms with van der Waals surface area (Å²) in [4.78, 5) is 12.5. The van der Waals surface area contributed by atoms with Crippen LogP contribution in [0.2, 0.25) is 0 Å². The molecule has 0 amide bonds. The zero-order valence-corrected chi connectivity index (χ0v) is 14.0. The van der Waals surface area contributed by atoms with Gasteiger partial charge in [0, 0.05) is 45.5 Å². The lowest BCUT2D eigenvalue weighted by Gasteiger charge is -2.34. The number of sulfonamides is 1. The van der Waals surface area contributed by atoms with E-state index in [0.717, 1.165) is 12.4 Å². The van der Waals surface area contributed by atoms with Crippen molar-refractivity contribution in [3.05, 3.63) is 30.6 Å². The number of imidazole rings is 1. The second-order valence-electron chi connectivity index (χ2n) is 5.53. The maximum absolute atomic E-state index is 12.7. The summed E-state index contributed by atoms with van der Waals surface area (Å²) in [5, 5.41) is -0.0511. The predicted molar refractivity (Wildman–Crippen MR) is 81.2 cm³/mol. The van der Waals surface area contributed by atoms with Crippen molar-refractivity contribution in [2.75, 3.05) is 31.1 Å². The number of rotatable bonds is 3. The lowest BCUT2D eigenvalue weighted by molar-refractivity contribution is -0.141.